The molecule has 0 radical (unpaired) electrons. The lowest BCUT2D eigenvalue weighted by Gasteiger charge is -2.57. The van der Waals surface area contributed by atoms with Crippen molar-refractivity contribution in [1.29, 1.82) is 0 Å². The summed E-state index contributed by atoms with van der Waals surface area (Å²) in [5.74, 6) is 2.93. The molecule has 1 amide bonds. The summed E-state index contributed by atoms with van der Waals surface area (Å²) >= 11 is 0. The number of rotatable bonds is 3. The van der Waals surface area contributed by atoms with Crippen molar-refractivity contribution in [1.82, 2.24) is 10.6 Å². The van der Waals surface area contributed by atoms with Gasteiger partial charge in [0.15, 0.2) is 0 Å². The Labute approximate surface area is 104 Å². The molecule has 0 aromatic heterocycles. The predicted octanol–water partition coefficient (Wildman–Crippen LogP) is 1.68. The summed E-state index contributed by atoms with van der Waals surface area (Å²) in [7, 11) is 1.72. The normalized spacial score (nSPS) is 44.7. The number of carbonyl (C=O) groups is 1. The maximum atomic E-state index is 11.7. The van der Waals surface area contributed by atoms with Gasteiger partial charge in [-0.25, -0.2) is 0 Å². The standard InChI is InChI=1S/C14H24N2O/c1-9(13(17)15-2)16-14-6-10-3-11(7-14)5-12(4-10)8-14/h9-12,16H,3-8H2,1-2H3,(H,15,17)/t9-,10?,11?,12?,14?/m1/s1. The van der Waals surface area contributed by atoms with E-state index in [1.54, 1.807) is 7.05 Å². The van der Waals surface area contributed by atoms with E-state index >= 15 is 0 Å². The molecule has 17 heavy (non-hydrogen) atoms. The second-order valence-corrected chi connectivity index (χ2v) is 6.68. The summed E-state index contributed by atoms with van der Waals surface area (Å²) in [6.07, 6.45) is 8.28. The lowest BCUT2D eigenvalue weighted by atomic mass is 9.53. The molecule has 0 unspecified atom stereocenters. The van der Waals surface area contributed by atoms with Gasteiger partial charge in [0.05, 0.1) is 6.04 Å². The van der Waals surface area contributed by atoms with Crippen LogP contribution in [0.5, 0.6) is 0 Å². The van der Waals surface area contributed by atoms with Gasteiger partial charge in [-0.1, -0.05) is 0 Å². The predicted molar refractivity (Wildman–Crippen MR) is 67.6 cm³/mol. The molecule has 0 aliphatic heterocycles. The van der Waals surface area contributed by atoms with E-state index in [0.29, 0.717) is 5.54 Å². The minimum atomic E-state index is -0.0451. The van der Waals surface area contributed by atoms with Crippen molar-refractivity contribution < 1.29 is 4.79 Å². The van der Waals surface area contributed by atoms with Gasteiger partial charge in [-0.05, 0) is 63.2 Å². The molecule has 3 heteroatoms. The van der Waals surface area contributed by atoms with Gasteiger partial charge >= 0.3 is 0 Å². The lowest BCUT2D eigenvalue weighted by molar-refractivity contribution is -0.124. The van der Waals surface area contributed by atoms with E-state index < -0.39 is 0 Å². The molecule has 1 atom stereocenters. The van der Waals surface area contributed by atoms with Gasteiger partial charge in [-0.3, -0.25) is 4.79 Å². The van der Waals surface area contributed by atoms with Crippen molar-refractivity contribution in [2.45, 2.75) is 57.0 Å². The Kier molecular flexibility index (Phi) is 2.69. The van der Waals surface area contributed by atoms with Crippen molar-refractivity contribution in [2.24, 2.45) is 17.8 Å². The highest BCUT2D eigenvalue weighted by molar-refractivity contribution is 5.81. The summed E-state index contributed by atoms with van der Waals surface area (Å²) < 4.78 is 0. The summed E-state index contributed by atoms with van der Waals surface area (Å²) in [6, 6.07) is -0.0451. The van der Waals surface area contributed by atoms with Crippen LogP contribution in [-0.4, -0.2) is 24.5 Å². The third kappa shape index (κ3) is 1.99. The Morgan fingerprint density at radius 2 is 1.59 bits per heavy atom. The molecule has 4 saturated carbocycles. The van der Waals surface area contributed by atoms with Crippen molar-refractivity contribution in [2.75, 3.05) is 7.05 Å². The van der Waals surface area contributed by atoms with Crippen LogP contribution in [0.4, 0.5) is 0 Å². The highest BCUT2D eigenvalue weighted by atomic mass is 16.2. The molecule has 4 fully saturated rings. The SMILES string of the molecule is CNC(=O)[C@@H](C)NC12CC3CC(CC(C3)C1)C2. The first-order valence-electron chi connectivity index (χ1n) is 7.09. The fourth-order valence-corrected chi connectivity index (χ4v) is 5.03. The number of hydrogen-bond donors (Lipinski definition) is 2. The molecule has 4 aliphatic carbocycles. The van der Waals surface area contributed by atoms with Crippen LogP contribution in [-0.2, 0) is 4.79 Å². The molecule has 0 aromatic carbocycles. The molecular formula is C14H24N2O. The van der Waals surface area contributed by atoms with Gasteiger partial charge < -0.3 is 10.6 Å². The van der Waals surface area contributed by atoms with Crippen LogP contribution >= 0.6 is 0 Å². The topological polar surface area (TPSA) is 41.1 Å². The van der Waals surface area contributed by atoms with E-state index in [1.165, 1.54) is 38.5 Å². The summed E-state index contributed by atoms with van der Waals surface area (Å²) in [5, 5.41) is 6.41. The van der Waals surface area contributed by atoms with Crippen LogP contribution in [0.15, 0.2) is 0 Å². The van der Waals surface area contributed by atoms with E-state index in [-0.39, 0.29) is 11.9 Å². The zero-order valence-electron chi connectivity index (χ0n) is 11.0. The minimum Gasteiger partial charge on any atom is -0.358 e. The Hall–Kier alpha value is -0.570. The van der Waals surface area contributed by atoms with Gasteiger partial charge in [0.25, 0.3) is 0 Å². The molecule has 0 saturated heterocycles. The average Bonchev–Trinajstić information content (AvgIpc) is 2.25. The first-order chi connectivity index (χ1) is 8.10. The number of hydrogen-bond acceptors (Lipinski definition) is 2. The zero-order chi connectivity index (χ0) is 12.0. The smallest absolute Gasteiger partial charge is 0.236 e. The molecule has 96 valence electrons. The van der Waals surface area contributed by atoms with E-state index in [0.717, 1.165) is 17.8 Å². The fraction of sp³-hybridized carbons (Fsp3) is 0.929. The largest absolute Gasteiger partial charge is 0.358 e. The Morgan fingerprint density at radius 1 is 1.12 bits per heavy atom. The van der Waals surface area contributed by atoms with Crippen LogP contribution in [0.1, 0.15) is 45.4 Å². The third-order valence-electron chi connectivity index (χ3n) is 5.20. The van der Waals surface area contributed by atoms with Gasteiger partial charge in [0, 0.05) is 12.6 Å². The number of likely N-dealkylation sites (N-methyl/N-ethyl adjacent to an activating group) is 1. The fourth-order valence-electron chi connectivity index (χ4n) is 5.03. The monoisotopic (exact) mass is 236 g/mol. The molecule has 4 rings (SSSR count). The van der Waals surface area contributed by atoms with Gasteiger partial charge in [-0.2, -0.15) is 0 Å². The molecule has 0 heterocycles. The van der Waals surface area contributed by atoms with Crippen LogP contribution in [0.3, 0.4) is 0 Å². The van der Waals surface area contributed by atoms with Crippen molar-refractivity contribution in [3.8, 4) is 0 Å². The number of carbonyl (C=O) groups excluding carboxylic acids is 1. The molecule has 4 bridgehead atoms. The highest BCUT2D eigenvalue weighted by Gasteiger charge is 2.51. The van der Waals surface area contributed by atoms with Crippen LogP contribution in [0, 0.1) is 17.8 Å². The van der Waals surface area contributed by atoms with Crippen molar-refractivity contribution in [3.05, 3.63) is 0 Å². The van der Waals surface area contributed by atoms with Crippen LogP contribution in [0.25, 0.3) is 0 Å². The number of nitrogens with one attached hydrogen (secondary N) is 2. The van der Waals surface area contributed by atoms with Gasteiger partial charge in [0.1, 0.15) is 0 Å². The van der Waals surface area contributed by atoms with Crippen LogP contribution < -0.4 is 10.6 Å². The molecule has 0 spiro atoms. The molecule has 3 nitrogen and oxygen atoms in total. The van der Waals surface area contributed by atoms with Gasteiger partial charge in [0.2, 0.25) is 5.91 Å². The molecule has 4 aliphatic rings. The van der Waals surface area contributed by atoms with E-state index in [4.69, 9.17) is 0 Å². The summed E-state index contributed by atoms with van der Waals surface area (Å²) in [6.45, 7) is 2.00. The van der Waals surface area contributed by atoms with E-state index in [1.807, 2.05) is 6.92 Å². The second kappa shape index (κ2) is 3.98. The quantitative estimate of drug-likeness (QED) is 0.783. The first-order valence-corrected chi connectivity index (χ1v) is 7.09. The average molecular weight is 236 g/mol. The number of amides is 1. The van der Waals surface area contributed by atoms with E-state index in [2.05, 4.69) is 10.6 Å². The Balaban J connectivity index is 1.72. The second-order valence-electron chi connectivity index (χ2n) is 6.68. The Morgan fingerprint density at radius 3 is 2.00 bits per heavy atom. The summed E-state index contributed by atoms with van der Waals surface area (Å²) in [4.78, 5) is 11.7. The molecule has 0 aromatic rings. The molecular weight excluding hydrogens is 212 g/mol. The van der Waals surface area contributed by atoms with Crippen molar-refractivity contribution >= 4 is 5.91 Å². The van der Waals surface area contributed by atoms with Gasteiger partial charge in [-0.15, -0.1) is 0 Å². The first kappa shape index (κ1) is 11.5. The highest BCUT2D eigenvalue weighted by Crippen LogP contribution is 2.55. The zero-order valence-corrected chi connectivity index (χ0v) is 11.0. The Bertz CT molecular complexity index is 291. The summed E-state index contributed by atoms with van der Waals surface area (Å²) in [5.41, 5.74) is 0.292. The van der Waals surface area contributed by atoms with Crippen molar-refractivity contribution in [3.63, 3.8) is 0 Å². The lowest BCUT2D eigenvalue weighted by Crippen LogP contribution is -2.62. The maximum Gasteiger partial charge on any atom is 0.236 e. The minimum absolute atomic E-state index is 0.0451. The van der Waals surface area contributed by atoms with Crippen LogP contribution in [0.2, 0.25) is 0 Å². The maximum absolute atomic E-state index is 11.7. The van der Waals surface area contributed by atoms with E-state index in [9.17, 15) is 4.79 Å². The molecule has 2 N–H and O–H groups in total. The third-order valence-corrected chi connectivity index (χ3v) is 5.20.